The summed E-state index contributed by atoms with van der Waals surface area (Å²) in [6.45, 7) is 10.6. The van der Waals surface area contributed by atoms with Crippen LogP contribution in [0.3, 0.4) is 0 Å². The number of amides is 1. The Morgan fingerprint density at radius 2 is 1.94 bits per heavy atom. The minimum atomic E-state index is 0.0930. The highest BCUT2D eigenvalue weighted by atomic mass is 16.2. The molecule has 0 aliphatic carbocycles. The van der Waals surface area contributed by atoms with E-state index in [9.17, 15) is 4.79 Å². The number of carbonyl (C=O) groups is 1. The first-order valence-corrected chi connectivity index (χ1v) is 7.41. The molecular weight excluding hydrogens is 226 g/mol. The predicted octanol–water partition coefficient (Wildman–Crippen LogP) is 0.929. The molecule has 0 bridgehead atoms. The number of nitrogens with zero attached hydrogens (tertiary/aromatic N) is 2. The fourth-order valence-electron chi connectivity index (χ4n) is 2.95. The lowest BCUT2D eigenvalue weighted by Gasteiger charge is -2.37. The zero-order valence-electron chi connectivity index (χ0n) is 11.8. The Morgan fingerprint density at radius 1 is 1.22 bits per heavy atom. The van der Waals surface area contributed by atoms with Crippen molar-refractivity contribution in [2.75, 3.05) is 39.3 Å². The van der Waals surface area contributed by atoms with Gasteiger partial charge in [-0.3, -0.25) is 9.69 Å². The number of hydrogen-bond acceptors (Lipinski definition) is 3. The van der Waals surface area contributed by atoms with E-state index in [1.165, 1.54) is 12.8 Å². The number of piperidine rings is 1. The summed E-state index contributed by atoms with van der Waals surface area (Å²) in [5, 5.41) is 3.35. The number of hydrogen-bond donors (Lipinski definition) is 1. The molecule has 104 valence electrons. The van der Waals surface area contributed by atoms with Gasteiger partial charge in [0.2, 0.25) is 5.91 Å². The number of rotatable bonds is 3. The molecule has 0 aromatic heterocycles. The maximum Gasteiger partial charge on any atom is 0.239 e. The summed E-state index contributed by atoms with van der Waals surface area (Å²) >= 11 is 0. The second-order valence-electron chi connectivity index (χ2n) is 6.02. The van der Waals surface area contributed by atoms with Crippen LogP contribution in [0.2, 0.25) is 0 Å². The molecule has 2 heterocycles. The zero-order valence-corrected chi connectivity index (χ0v) is 11.8. The largest absolute Gasteiger partial charge is 0.339 e. The molecule has 1 N–H and O–H groups in total. The molecule has 2 aliphatic rings. The molecule has 0 saturated carbocycles. The van der Waals surface area contributed by atoms with Crippen molar-refractivity contribution in [3.8, 4) is 0 Å². The van der Waals surface area contributed by atoms with E-state index < -0.39 is 0 Å². The Bertz CT molecular complexity index is 266. The lowest BCUT2D eigenvalue weighted by molar-refractivity contribution is -0.135. The first-order chi connectivity index (χ1) is 8.66. The van der Waals surface area contributed by atoms with Crippen LogP contribution in [0, 0.1) is 5.92 Å². The van der Waals surface area contributed by atoms with E-state index in [1.807, 2.05) is 0 Å². The van der Waals surface area contributed by atoms with Crippen LogP contribution in [-0.4, -0.2) is 61.0 Å². The molecule has 0 radical (unpaired) electrons. The van der Waals surface area contributed by atoms with E-state index in [2.05, 4.69) is 29.0 Å². The van der Waals surface area contributed by atoms with E-state index in [-0.39, 0.29) is 6.04 Å². The third-order valence-corrected chi connectivity index (χ3v) is 3.92. The molecule has 4 heteroatoms. The SMILES string of the molecule is CC(C)CN1CCN(C(=O)[C@H]2CCCCN2)CC1. The summed E-state index contributed by atoms with van der Waals surface area (Å²) in [5.74, 6) is 1.05. The summed E-state index contributed by atoms with van der Waals surface area (Å²) < 4.78 is 0. The van der Waals surface area contributed by atoms with Crippen molar-refractivity contribution in [3.05, 3.63) is 0 Å². The quantitative estimate of drug-likeness (QED) is 0.813. The number of piperazine rings is 1. The highest BCUT2D eigenvalue weighted by Gasteiger charge is 2.28. The molecule has 0 aromatic carbocycles. The van der Waals surface area contributed by atoms with Crippen LogP contribution in [0.1, 0.15) is 33.1 Å². The Labute approximate surface area is 111 Å². The maximum atomic E-state index is 12.3. The van der Waals surface area contributed by atoms with Gasteiger partial charge in [-0.2, -0.15) is 0 Å². The molecule has 2 fully saturated rings. The van der Waals surface area contributed by atoms with Gasteiger partial charge in [0.25, 0.3) is 0 Å². The van der Waals surface area contributed by atoms with Crippen molar-refractivity contribution < 1.29 is 4.79 Å². The van der Waals surface area contributed by atoms with Gasteiger partial charge in [0.1, 0.15) is 0 Å². The molecule has 0 spiro atoms. The molecule has 2 rings (SSSR count). The summed E-state index contributed by atoms with van der Waals surface area (Å²) in [6.07, 6.45) is 3.42. The van der Waals surface area contributed by atoms with Gasteiger partial charge in [0.15, 0.2) is 0 Å². The summed E-state index contributed by atoms with van der Waals surface area (Å²) in [7, 11) is 0. The maximum absolute atomic E-state index is 12.3. The molecule has 1 atom stereocenters. The lowest BCUT2D eigenvalue weighted by Crippen LogP contribution is -2.55. The van der Waals surface area contributed by atoms with Gasteiger partial charge in [-0.05, 0) is 25.3 Å². The van der Waals surface area contributed by atoms with Crippen LogP contribution < -0.4 is 5.32 Å². The van der Waals surface area contributed by atoms with Gasteiger partial charge in [0, 0.05) is 32.7 Å². The normalized spacial score (nSPS) is 26.6. The van der Waals surface area contributed by atoms with E-state index in [0.29, 0.717) is 11.8 Å². The van der Waals surface area contributed by atoms with Crippen LogP contribution in [-0.2, 0) is 4.79 Å². The third-order valence-electron chi connectivity index (χ3n) is 3.92. The average molecular weight is 253 g/mol. The summed E-state index contributed by atoms with van der Waals surface area (Å²) in [6, 6.07) is 0.0930. The Kier molecular flexibility index (Phi) is 5.01. The third kappa shape index (κ3) is 3.69. The molecule has 2 aliphatic heterocycles. The number of carbonyl (C=O) groups excluding carboxylic acids is 1. The first-order valence-electron chi connectivity index (χ1n) is 7.41. The van der Waals surface area contributed by atoms with Gasteiger partial charge in [-0.1, -0.05) is 20.3 Å². The van der Waals surface area contributed by atoms with Crippen molar-refractivity contribution in [1.29, 1.82) is 0 Å². The molecule has 2 saturated heterocycles. The standard InChI is InChI=1S/C14H27N3O/c1-12(2)11-16-7-9-17(10-8-16)14(18)13-5-3-4-6-15-13/h12-13,15H,3-11H2,1-2H3/t13-/m1/s1. The minimum Gasteiger partial charge on any atom is -0.339 e. The molecule has 0 aromatic rings. The summed E-state index contributed by atoms with van der Waals surface area (Å²) in [5.41, 5.74) is 0. The van der Waals surface area contributed by atoms with E-state index in [0.717, 1.165) is 45.7 Å². The van der Waals surface area contributed by atoms with Crippen molar-refractivity contribution in [2.24, 2.45) is 5.92 Å². The fraction of sp³-hybridized carbons (Fsp3) is 0.929. The van der Waals surface area contributed by atoms with Gasteiger partial charge in [0.05, 0.1) is 6.04 Å². The molecule has 1 amide bonds. The van der Waals surface area contributed by atoms with Crippen molar-refractivity contribution in [2.45, 2.75) is 39.2 Å². The molecular formula is C14H27N3O. The molecule has 4 nitrogen and oxygen atoms in total. The van der Waals surface area contributed by atoms with E-state index in [4.69, 9.17) is 0 Å². The summed E-state index contributed by atoms with van der Waals surface area (Å²) in [4.78, 5) is 16.9. The monoisotopic (exact) mass is 253 g/mol. The van der Waals surface area contributed by atoms with Gasteiger partial charge in [-0.15, -0.1) is 0 Å². The zero-order chi connectivity index (χ0) is 13.0. The van der Waals surface area contributed by atoms with E-state index in [1.54, 1.807) is 0 Å². The smallest absolute Gasteiger partial charge is 0.239 e. The Morgan fingerprint density at radius 3 is 2.50 bits per heavy atom. The molecule has 18 heavy (non-hydrogen) atoms. The van der Waals surface area contributed by atoms with Gasteiger partial charge < -0.3 is 10.2 Å². The van der Waals surface area contributed by atoms with E-state index >= 15 is 0 Å². The number of nitrogens with one attached hydrogen (secondary N) is 1. The second kappa shape index (κ2) is 6.53. The van der Waals surface area contributed by atoms with Crippen LogP contribution in [0.15, 0.2) is 0 Å². The predicted molar refractivity (Wildman–Crippen MR) is 73.5 cm³/mol. The van der Waals surface area contributed by atoms with Crippen molar-refractivity contribution in [1.82, 2.24) is 15.1 Å². The highest BCUT2D eigenvalue weighted by Crippen LogP contribution is 2.12. The van der Waals surface area contributed by atoms with Gasteiger partial charge in [-0.25, -0.2) is 0 Å². The topological polar surface area (TPSA) is 35.6 Å². The molecule has 0 unspecified atom stereocenters. The van der Waals surface area contributed by atoms with Crippen LogP contribution in [0.4, 0.5) is 0 Å². The first kappa shape index (κ1) is 13.8. The van der Waals surface area contributed by atoms with Crippen LogP contribution in [0.5, 0.6) is 0 Å². The lowest BCUT2D eigenvalue weighted by atomic mass is 10.0. The van der Waals surface area contributed by atoms with Crippen LogP contribution >= 0.6 is 0 Å². The Balaban J connectivity index is 1.76. The second-order valence-corrected chi connectivity index (χ2v) is 6.02. The fourth-order valence-corrected chi connectivity index (χ4v) is 2.95. The Hall–Kier alpha value is -0.610. The van der Waals surface area contributed by atoms with Crippen molar-refractivity contribution in [3.63, 3.8) is 0 Å². The van der Waals surface area contributed by atoms with Crippen molar-refractivity contribution >= 4 is 5.91 Å². The van der Waals surface area contributed by atoms with Gasteiger partial charge >= 0.3 is 0 Å². The highest BCUT2D eigenvalue weighted by molar-refractivity contribution is 5.82. The minimum absolute atomic E-state index is 0.0930. The van der Waals surface area contributed by atoms with Crippen LogP contribution in [0.25, 0.3) is 0 Å². The average Bonchev–Trinajstić information content (AvgIpc) is 2.39.